The van der Waals surface area contributed by atoms with Crippen LogP contribution in [0, 0.1) is 20.8 Å². The van der Waals surface area contributed by atoms with Gasteiger partial charge in [0.05, 0.1) is 16.8 Å². The summed E-state index contributed by atoms with van der Waals surface area (Å²) in [5, 5.41) is 18.0. The Hall–Kier alpha value is -2.30. The molecular weight excluding hydrogens is 304 g/mol. The maximum absolute atomic E-state index is 12.7. The molecule has 0 aromatic heterocycles. The van der Waals surface area contributed by atoms with Crippen molar-refractivity contribution in [1.29, 1.82) is 0 Å². The van der Waals surface area contributed by atoms with Gasteiger partial charge in [0, 0.05) is 0 Å². The minimum atomic E-state index is -0.664. The summed E-state index contributed by atoms with van der Waals surface area (Å²) in [6, 6.07) is 4.09. The number of amides is 1. The molecule has 0 radical (unpaired) electrons. The molecule has 1 aliphatic carbocycles. The number of nitrogens with zero attached hydrogens (tertiary/aromatic N) is 1. The predicted octanol–water partition coefficient (Wildman–Crippen LogP) is 3.33. The highest BCUT2D eigenvalue weighted by molar-refractivity contribution is 6.24. The Morgan fingerprint density at radius 3 is 2.29 bits per heavy atom. The summed E-state index contributed by atoms with van der Waals surface area (Å²) in [5.74, 6) is -0.00583. The van der Waals surface area contributed by atoms with Crippen LogP contribution >= 0.6 is 0 Å². The van der Waals surface area contributed by atoms with Crippen molar-refractivity contribution >= 4 is 17.2 Å². The molecule has 0 atom stereocenters. The maximum atomic E-state index is 12.7. The Balaban J connectivity index is 2.02. The van der Waals surface area contributed by atoms with Crippen molar-refractivity contribution in [3.63, 3.8) is 0 Å². The van der Waals surface area contributed by atoms with Gasteiger partial charge in [-0.2, -0.15) is 0 Å². The average Bonchev–Trinajstić information content (AvgIpc) is 2.74. The van der Waals surface area contributed by atoms with Crippen molar-refractivity contribution in [2.75, 3.05) is 7.11 Å². The van der Waals surface area contributed by atoms with E-state index in [1.807, 2.05) is 32.9 Å². The third-order valence-electron chi connectivity index (χ3n) is 5.10. The van der Waals surface area contributed by atoms with Gasteiger partial charge in [0.2, 0.25) is 0 Å². The quantitative estimate of drug-likeness (QED) is 0.818. The van der Waals surface area contributed by atoms with Crippen molar-refractivity contribution in [2.24, 2.45) is 5.16 Å². The van der Waals surface area contributed by atoms with Crippen LogP contribution < -0.4 is 5.32 Å². The topological polar surface area (TPSA) is 70.9 Å². The molecule has 2 aliphatic rings. The van der Waals surface area contributed by atoms with E-state index in [0.717, 1.165) is 28.0 Å². The number of hydrogen-bond acceptors (Lipinski definition) is 4. The summed E-state index contributed by atoms with van der Waals surface area (Å²) in [6.07, 6.45) is 2.69. The molecule has 1 heterocycles. The van der Waals surface area contributed by atoms with Crippen LogP contribution in [0.2, 0.25) is 0 Å². The zero-order chi connectivity index (χ0) is 17.5. The monoisotopic (exact) mass is 328 g/mol. The molecule has 5 heteroatoms. The number of benzene rings is 1. The van der Waals surface area contributed by atoms with Crippen LogP contribution in [0.1, 0.15) is 47.9 Å². The summed E-state index contributed by atoms with van der Waals surface area (Å²) >= 11 is 0. The maximum Gasteiger partial charge on any atom is 0.256 e. The minimum absolute atomic E-state index is 0.180. The highest BCUT2D eigenvalue weighted by atomic mass is 16.6. The predicted molar refractivity (Wildman–Crippen MR) is 94.0 cm³/mol. The number of aliphatic hydroxyl groups excluding tert-OH is 1. The summed E-state index contributed by atoms with van der Waals surface area (Å²) < 4.78 is 0. The summed E-state index contributed by atoms with van der Waals surface area (Å²) in [5.41, 5.74) is 4.77. The second-order valence-corrected chi connectivity index (χ2v) is 6.87. The lowest BCUT2D eigenvalue weighted by atomic mass is 9.79. The van der Waals surface area contributed by atoms with Crippen molar-refractivity contribution in [3.05, 3.63) is 40.1 Å². The van der Waals surface area contributed by atoms with Gasteiger partial charge in [-0.05, 0) is 63.1 Å². The van der Waals surface area contributed by atoms with Gasteiger partial charge in [0.1, 0.15) is 12.9 Å². The third kappa shape index (κ3) is 2.58. The van der Waals surface area contributed by atoms with E-state index in [9.17, 15) is 9.90 Å². The molecular formula is C19H24N2O3. The van der Waals surface area contributed by atoms with Crippen LogP contribution in [0.4, 0.5) is 0 Å². The van der Waals surface area contributed by atoms with Gasteiger partial charge in [-0.15, -0.1) is 0 Å². The Bertz CT molecular complexity index is 729. The summed E-state index contributed by atoms with van der Waals surface area (Å²) in [4.78, 5) is 17.5. The molecule has 0 saturated heterocycles. The number of aryl methyl sites for hydroxylation is 3. The van der Waals surface area contributed by atoms with E-state index >= 15 is 0 Å². The first-order valence-corrected chi connectivity index (χ1v) is 8.31. The van der Waals surface area contributed by atoms with Gasteiger partial charge >= 0.3 is 0 Å². The highest BCUT2D eigenvalue weighted by Gasteiger charge is 2.47. The molecule has 1 aliphatic heterocycles. The molecule has 1 amide bonds. The Kier molecular flexibility index (Phi) is 4.11. The van der Waals surface area contributed by atoms with Crippen molar-refractivity contribution in [2.45, 2.75) is 52.0 Å². The smallest absolute Gasteiger partial charge is 0.256 e. The zero-order valence-corrected chi connectivity index (χ0v) is 14.7. The number of oxime groups is 1. The number of carbonyl (C=O) groups is 1. The van der Waals surface area contributed by atoms with Gasteiger partial charge in [-0.25, -0.2) is 0 Å². The van der Waals surface area contributed by atoms with E-state index in [-0.39, 0.29) is 11.7 Å². The number of aliphatic hydroxyl groups is 1. The average molecular weight is 328 g/mol. The van der Waals surface area contributed by atoms with E-state index in [0.29, 0.717) is 31.3 Å². The molecule has 1 aromatic carbocycles. The Labute approximate surface area is 142 Å². The number of nitrogens with one attached hydrogen (secondary N) is 1. The molecule has 0 bridgehead atoms. The molecule has 128 valence electrons. The number of rotatable bonds is 2. The van der Waals surface area contributed by atoms with Crippen LogP contribution in [-0.4, -0.2) is 29.4 Å². The van der Waals surface area contributed by atoms with E-state index in [1.54, 1.807) is 0 Å². The first kappa shape index (κ1) is 16.6. The molecule has 24 heavy (non-hydrogen) atoms. The van der Waals surface area contributed by atoms with E-state index in [1.165, 1.54) is 7.11 Å². The standard InChI is InChI=1S/C19H24N2O3/c1-11-9-12(2)15(13(3)10-11)16-17(22)19(20-18(16)23)7-5-14(6-8-19)21-24-4/h9-10,22H,5-8H2,1-4H3,(H,20,23). The fourth-order valence-corrected chi connectivity index (χ4v) is 4.04. The third-order valence-corrected chi connectivity index (χ3v) is 5.10. The van der Waals surface area contributed by atoms with E-state index in [2.05, 4.69) is 10.5 Å². The van der Waals surface area contributed by atoms with Crippen molar-refractivity contribution in [3.8, 4) is 0 Å². The van der Waals surface area contributed by atoms with Gasteiger partial charge < -0.3 is 15.3 Å². The lowest BCUT2D eigenvalue weighted by molar-refractivity contribution is -0.116. The van der Waals surface area contributed by atoms with E-state index < -0.39 is 5.54 Å². The highest BCUT2D eigenvalue weighted by Crippen LogP contribution is 2.42. The zero-order valence-electron chi connectivity index (χ0n) is 14.7. The molecule has 0 unspecified atom stereocenters. The first-order valence-electron chi connectivity index (χ1n) is 8.31. The van der Waals surface area contributed by atoms with Crippen LogP contribution in [-0.2, 0) is 9.63 Å². The second-order valence-electron chi connectivity index (χ2n) is 6.87. The van der Waals surface area contributed by atoms with Crippen LogP contribution in [0.3, 0.4) is 0 Å². The van der Waals surface area contributed by atoms with Gasteiger partial charge in [0.15, 0.2) is 0 Å². The molecule has 1 spiro atoms. The number of hydrogen-bond donors (Lipinski definition) is 2. The van der Waals surface area contributed by atoms with Crippen LogP contribution in [0.25, 0.3) is 5.57 Å². The lowest BCUT2D eigenvalue weighted by Gasteiger charge is -2.33. The summed E-state index contributed by atoms with van der Waals surface area (Å²) in [6.45, 7) is 6.00. The van der Waals surface area contributed by atoms with Gasteiger partial charge in [0.25, 0.3) is 5.91 Å². The van der Waals surface area contributed by atoms with Crippen LogP contribution in [0.5, 0.6) is 0 Å². The SMILES string of the molecule is CON=C1CCC2(CC1)NC(=O)C(c1c(C)cc(C)cc1C)=C2O. The molecule has 1 saturated carbocycles. The van der Waals surface area contributed by atoms with Gasteiger partial charge in [-0.3, -0.25) is 4.79 Å². The molecule has 2 N–H and O–H groups in total. The fourth-order valence-electron chi connectivity index (χ4n) is 4.04. The second kappa shape index (κ2) is 5.96. The van der Waals surface area contributed by atoms with Gasteiger partial charge in [-0.1, -0.05) is 22.9 Å². The van der Waals surface area contributed by atoms with Crippen molar-refractivity contribution in [1.82, 2.24) is 5.32 Å². The molecule has 3 rings (SSSR count). The largest absolute Gasteiger partial charge is 0.509 e. The Morgan fingerprint density at radius 2 is 1.75 bits per heavy atom. The van der Waals surface area contributed by atoms with Crippen LogP contribution in [0.15, 0.2) is 23.0 Å². The lowest BCUT2D eigenvalue weighted by Crippen LogP contribution is -2.47. The molecule has 1 aromatic rings. The summed E-state index contributed by atoms with van der Waals surface area (Å²) in [7, 11) is 1.53. The van der Waals surface area contributed by atoms with E-state index in [4.69, 9.17) is 4.84 Å². The number of carbonyl (C=O) groups excluding carboxylic acids is 1. The van der Waals surface area contributed by atoms with Crippen molar-refractivity contribution < 1.29 is 14.7 Å². The normalized spacial score (nSPS) is 23.7. The first-order chi connectivity index (χ1) is 11.4. The fraction of sp³-hybridized carbons (Fsp3) is 0.474. The molecule has 1 fully saturated rings. The Morgan fingerprint density at radius 1 is 1.17 bits per heavy atom. The minimum Gasteiger partial charge on any atom is -0.509 e. The molecule has 5 nitrogen and oxygen atoms in total.